The quantitative estimate of drug-likeness (QED) is 0.145. The van der Waals surface area contributed by atoms with Gasteiger partial charge in [0, 0.05) is 0 Å². The highest BCUT2D eigenvalue weighted by atomic mass is 79.9. The zero-order valence-electron chi connectivity index (χ0n) is 19.2. The average molecular weight is 558 g/mol. The van der Waals surface area contributed by atoms with Crippen LogP contribution < -0.4 is 4.74 Å². The van der Waals surface area contributed by atoms with Crippen molar-refractivity contribution in [1.29, 1.82) is 0 Å². The molecule has 7 heteroatoms. The molecule has 0 atom stereocenters. The predicted octanol–water partition coefficient (Wildman–Crippen LogP) is 7.37. The van der Waals surface area contributed by atoms with E-state index in [0.717, 1.165) is 33.7 Å². The van der Waals surface area contributed by atoms with Crippen LogP contribution in [0.15, 0.2) is 94.3 Å². The molecule has 1 aliphatic heterocycles. The molecule has 1 fully saturated rings. The van der Waals surface area contributed by atoms with Crippen molar-refractivity contribution in [2.75, 3.05) is 0 Å². The number of esters is 1. The van der Waals surface area contributed by atoms with Crippen molar-refractivity contribution in [3.8, 4) is 5.75 Å². The van der Waals surface area contributed by atoms with E-state index in [4.69, 9.17) is 4.74 Å². The number of imide groups is 1. The average Bonchev–Trinajstić information content (AvgIpc) is 3.13. The Morgan fingerprint density at radius 1 is 0.972 bits per heavy atom. The van der Waals surface area contributed by atoms with Gasteiger partial charge in [0.1, 0.15) is 5.75 Å². The molecule has 4 aromatic carbocycles. The van der Waals surface area contributed by atoms with E-state index in [0.29, 0.717) is 26.3 Å². The topological polar surface area (TPSA) is 63.7 Å². The van der Waals surface area contributed by atoms with Crippen LogP contribution in [0.1, 0.15) is 27.0 Å². The first kappa shape index (κ1) is 24.0. The maximum atomic E-state index is 12.9. The molecule has 5 nitrogen and oxygen atoms in total. The molecule has 0 spiro atoms. The molecular weight excluding hydrogens is 538 g/mol. The smallest absolute Gasteiger partial charge is 0.344 e. The van der Waals surface area contributed by atoms with E-state index in [1.165, 1.54) is 4.90 Å². The molecule has 0 N–H and O–H groups in total. The standard InChI is InChI=1S/C29H20BrNO4S/c1-18-9-11-19(12-10-18)17-31-27(32)26(36-29(31)34)16-20-13-14-25(24(30)15-20)35-28(33)23-8-4-6-21-5-2-3-7-22(21)23/h2-16H,17H2,1H3/b26-16-. The minimum atomic E-state index is -0.461. The number of rotatable bonds is 5. The van der Waals surface area contributed by atoms with Crippen LogP contribution in [0.3, 0.4) is 0 Å². The zero-order chi connectivity index (χ0) is 25.2. The molecule has 5 rings (SSSR count). The molecule has 0 bridgehead atoms. The molecule has 0 aromatic heterocycles. The van der Waals surface area contributed by atoms with Crippen molar-refractivity contribution in [3.63, 3.8) is 0 Å². The minimum Gasteiger partial charge on any atom is -0.422 e. The van der Waals surface area contributed by atoms with Gasteiger partial charge in [-0.1, -0.05) is 72.3 Å². The van der Waals surface area contributed by atoms with Crippen LogP contribution in [0.25, 0.3) is 16.8 Å². The SMILES string of the molecule is Cc1ccc(CN2C(=O)S/C(=C\c3ccc(OC(=O)c4cccc5ccccc45)c(Br)c3)C2=O)cc1. The Hall–Kier alpha value is -3.68. The van der Waals surface area contributed by atoms with E-state index in [1.807, 2.05) is 67.6 Å². The molecule has 0 saturated carbocycles. The first-order chi connectivity index (χ1) is 17.4. The molecular formula is C29H20BrNO4S. The number of benzene rings is 4. The summed E-state index contributed by atoms with van der Waals surface area (Å²) in [5, 5.41) is 1.48. The molecule has 1 aliphatic rings. The van der Waals surface area contributed by atoms with Gasteiger partial charge in [0.15, 0.2) is 0 Å². The van der Waals surface area contributed by atoms with Gasteiger partial charge < -0.3 is 4.74 Å². The van der Waals surface area contributed by atoms with Gasteiger partial charge in [0.2, 0.25) is 0 Å². The lowest BCUT2D eigenvalue weighted by atomic mass is 10.0. The maximum Gasteiger partial charge on any atom is 0.344 e. The van der Waals surface area contributed by atoms with Gasteiger partial charge in [-0.15, -0.1) is 0 Å². The van der Waals surface area contributed by atoms with E-state index < -0.39 is 5.97 Å². The number of amides is 2. The number of fused-ring (bicyclic) bond motifs is 1. The van der Waals surface area contributed by atoms with Crippen LogP contribution in [0.5, 0.6) is 5.75 Å². The summed E-state index contributed by atoms with van der Waals surface area (Å²) in [5.41, 5.74) is 3.19. The highest BCUT2D eigenvalue weighted by molar-refractivity contribution is 9.10. The largest absolute Gasteiger partial charge is 0.422 e. The van der Waals surface area contributed by atoms with Gasteiger partial charge in [-0.3, -0.25) is 14.5 Å². The Labute approximate surface area is 220 Å². The van der Waals surface area contributed by atoms with Crippen molar-refractivity contribution >= 4 is 61.7 Å². The van der Waals surface area contributed by atoms with E-state index in [1.54, 1.807) is 30.3 Å². The third-order valence-electron chi connectivity index (χ3n) is 5.80. The van der Waals surface area contributed by atoms with Gasteiger partial charge in [0.05, 0.1) is 21.5 Å². The molecule has 1 saturated heterocycles. The van der Waals surface area contributed by atoms with Crippen molar-refractivity contribution in [2.24, 2.45) is 0 Å². The zero-order valence-corrected chi connectivity index (χ0v) is 21.6. The number of nitrogens with zero attached hydrogens (tertiary/aromatic N) is 1. The number of thioether (sulfide) groups is 1. The van der Waals surface area contributed by atoms with Crippen LogP contribution in [-0.2, 0) is 11.3 Å². The summed E-state index contributed by atoms with van der Waals surface area (Å²) in [6.45, 7) is 2.22. The maximum absolute atomic E-state index is 12.9. The molecule has 36 heavy (non-hydrogen) atoms. The Kier molecular flexibility index (Phi) is 6.76. The summed E-state index contributed by atoms with van der Waals surface area (Å²) in [5.74, 6) is -0.428. The summed E-state index contributed by atoms with van der Waals surface area (Å²) in [6.07, 6.45) is 1.67. The molecule has 2 amide bonds. The van der Waals surface area contributed by atoms with Gasteiger partial charge in [-0.05, 0) is 80.8 Å². The predicted molar refractivity (Wildman–Crippen MR) is 146 cm³/mol. The van der Waals surface area contributed by atoms with Crippen molar-refractivity contribution < 1.29 is 19.1 Å². The minimum absolute atomic E-state index is 0.231. The lowest BCUT2D eigenvalue weighted by Gasteiger charge is -2.12. The van der Waals surface area contributed by atoms with Crippen molar-refractivity contribution in [3.05, 3.63) is 117 Å². The summed E-state index contributed by atoms with van der Waals surface area (Å²) in [4.78, 5) is 39.9. The summed E-state index contributed by atoms with van der Waals surface area (Å²) >= 11 is 4.38. The van der Waals surface area contributed by atoms with Gasteiger partial charge in [0.25, 0.3) is 11.1 Å². The number of hydrogen-bond acceptors (Lipinski definition) is 5. The molecule has 0 unspecified atom stereocenters. The third-order valence-corrected chi connectivity index (χ3v) is 7.33. The van der Waals surface area contributed by atoms with E-state index in [2.05, 4.69) is 15.9 Å². The van der Waals surface area contributed by atoms with Crippen LogP contribution in [-0.4, -0.2) is 22.0 Å². The van der Waals surface area contributed by atoms with Gasteiger partial charge in [-0.25, -0.2) is 4.79 Å². The number of aryl methyl sites for hydroxylation is 1. The van der Waals surface area contributed by atoms with Crippen LogP contribution in [0.4, 0.5) is 4.79 Å². The fraction of sp³-hybridized carbons (Fsp3) is 0.0690. The number of hydrogen-bond donors (Lipinski definition) is 0. The van der Waals surface area contributed by atoms with Crippen molar-refractivity contribution in [2.45, 2.75) is 13.5 Å². The second-order valence-corrected chi connectivity index (χ2v) is 10.2. The van der Waals surface area contributed by atoms with Crippen molar-refractivity contribution in [1.82, 2.24) is 4.90 Å². The Balaban J connectivity index is 1.32. The first-order valence-electron chi connectivity index (χ1n) is 11.2. The molecule has 0 aliphatic carbocycles. The summed E-state index contributed by atoms with van der Waals surface area (Å²) < 4.78 is 6.21. The number of ether oxygens (including phenoxy) is 1. The summed E-state index contributed by atoms with van der Waals surface area (Å²) in [7, 11) is 0. The third kappa shape index (κ3) is 4.98. The number of carbonyl (C=O) groups excluding carboxylic acids is 3. The number of carbonyl (C=O) groups is 3. The molecule has 0 radical (unpaired) electrons. The lowest BCUT2D eigenvalue weighted by Crippen LogP contribution is -2.27. The Morgan fingerprint density at radius 3 is 2.50 bits per heavy atom. The molecule has 178 valence electrons. The van der Waals surface area contributed by atoms with Crippen LogP contribution >= 0.6 is 27.7 Å². The van der Waals surface area contributed by atoms with E-state index in [-0.39, 0.29) is 17.7 Å². The van der Waals surface area contributed by atoms with E-state index in [9.17, 15) is 14.4 Å². The first-order valence-corrected chi connectivity index (χ1v) is 12.8. The van der Waals surface area contributed by atoms with Crippen LogP contribution in [0, 0.1) is 6.92 Å². The molecule has 4 aromatic rings. The second kappa shape index (κ2) is 10.1. The Bertz CT molecular complexity index is 1540. The highest BCUT2D eigenvalue weighted by Gasteiger charge is 2.35. The fourth-order valence-corrected chi connectivity index (χ4v) is 5.23. The molecule has 1 heterocycles. The lowest BCUT2D eigenvalue weighted by molar-refractivity contribution is -0.123. The monoisotopic (exact) mass is 557 g/mol. The van der Waals surface area contributed by atoms with Gasteiger partial charge >= 0.3 is 5.97 Å². The highest BCUT2D eigenvalue weighted by Crippen LogP contribution is 2.35. The second-order valence-electron chi connectivity index (χ2n) is 8.36. The summed E-state index contributed by atoms with van der Waals surface area (Å²) in [6, 6.07) is 26.0. The van der Waals surface area contributed by atoms with E-state index >= 15 is 0 Å². The normalized spacial score (nSPS) is 14.6. The van der Waals surface area contributed by atoms with Gasteiger partial charge in [-0.2, -0.15) is 0 Å². The fourth-order valence-electron chi connectivity index (χ4n) is 3.91. The van der Waals surface area contributed by atoms with Crippen LogP contribution in [0.2, 0.25) is 0 Å². The Morgan fingerprint density at radius 2 is 1.72 bits per heavy atom. The number of halogens is 1.